The number of benzene rings is 1. The number of nitrogens with zero attached hydrogens (tertiary/aromatic N) is 1. The molecule has 0 bridgehead atoms. The van der Waals surface area contributed by atoms with Crippen molar-refractivity contribution in [3.63, 3.8) is 0 Å². The summed E-state index contributed by atoms with van der Waals surface area (Å²) in [4.78, 5) is 16.3. The molecule has 1 aromatic heterocycles. The van der Waals surface area contributed by atoms with Gasteiger partial charge in [-0.15, -0.1) is 0 Å². The minimum atomic E-state index is -0.00246. The Balaban J connectivity index is 2.14. The fourth-order valence-electron chi connectivity index (χ4n) is 1.72. The summed E-state index contributed by atoms with van der Waals surface area (Å²) in [6.07, 6.45) is 3.05. The Morgan fingerprint density at radius 1 is 1.22 bits per heavy atom. The first kappa shape index (κ1) is 12.8. The Hall–Kier alpha value is -1.67. The van der Waals surface area contributed by atoms with E-state index in [1.54, 1.807) is 12.1 Å². The third-order valence-electron chi connectivity index (χ3n) is 2.81. The molecule has 1 aromatic carbocycles. The predicted octanol–water partition coefficient (Wildman–Crippen LogP) is 3.72. The van der Waals surface area contributed by atoms with E-state index in [9.17, 15) is 4.79 Å². The number of hydrogen-bond donors (Lipinski definition) is 0. The molecular formula is C15H14ClNO. The van der Waals surface area contributed by atoms with E-state index in [-0.39, 0.29) is 12.2 Å². The van der Waals surface area contributed by atoms with Gasteiger partial charge >= 0.3 is 0 Å². The molecule has 0 spiro atoms. The molecule has 0 aliphatic rings. The molecule has 3 heteroatoms. The number of aryl methyl sites for hydroxylation is 1. The van der Waals surface area contributed by atoms with Gasteiger partial charge < -0.3 is 0 Å². The zero-order chi connectivity index (χ0) is 13.0. The summed E-state index contributed by atoms with van der Waals surface area (Å²) in [7, 11) is 0. The first-order chi connectivity index (χ1) is 8.70. The molecular weight excluding hydrogens is 246 g/mol. The summed E-state index contributed by atoms with van der Waals surface area (Å²) >= 11 is 5.99. The van der Waals surface area contributed by atoms with E-state index in [0.29, 0.717) is 10.6 Å². The highest BCUT2D eigenvalue weighted by molar-refractivity contribution is 6.34. The molecule has 0 atom stereocenters. The smallest absolute Gasteiger partial charge is 0.170 e. The normalized spacial score (nSPS) is 10.3. The van der Waals surface area contributed by atoms with Gasteiger partial charge in [0.1, 0.15) is 0 Å². The largest absolute Gasteiger partial charge is 0.294 e. The Morgan fingerprint density at radius 2 is 2.00 bits per heavy atom. The van der Waals surface area contributed by atoms with Crippen LogP contribution in [0.4, 0.5) is 0 Å². The van der Waals surface area contributed by atoms with Crippen molar-refractivity contribution in [3.05, 3.63) is 64.4 Å². The summed E-state index contributed by atoms with van der Waals surface area (Å²) in [5.41, 5.74) is 2.50. The zero-order valence-corrected chi connectivity index (χ0v) is 10.9. The Kier molecular flexibility index (Phi) is 4.11. The maximum Gasteiger partial charge on any atom is 0.170 e. The molecule has 2 nitrogen and oxygen atoms in total. The average molecular weight is 260 g/mol. The van der Waals surface area contributed by atoms with Gasteiger partial charge in [0.2, 0.25) is 0 Å². The van der Waals surface area contributed by atoms with E-state index in [1.807, 2.05) is 30.5 Å². The highest BCUT2D eigenvalue weighted by atomic mass is 35.5. The topological polar surface area (TPSA) is 30.0 Å². The number of ketones is 1. The van der Waals surface area contributed by atoms with Gasteiger partial charge in [0.15, 0.2) is 5.78 Å². The first-order valence-corrected chi connectivity index (χ1v) is 6.30. The summed E-state index contributed by atoms with van der Waals surface area (Å²) in [6.45, 7) is 2.07. The van der Waals surface area contributed by atoms with Crippen LogP contribution in [0.25, 0.3) is 0 Å². The lowest BCUT2D eigenvalue weighted by molar-refractivity contribution is 0.0992. The maximum atomic E-state index is 12.1. The number of hydrogen-bond acceptors (Lipinski definition) is 2. The standard InChI is InChI=1S/C15H14ClNO/c1-2-11-7-8-12(17-10-11)9-15(18)13-5-3-4-6-14(13)16/h3-8,10H,2,9H2,1H3. The van der Waals surface area contributed by atoms with Gasteiger partial charge in [-0.05, 0) is 30.2 Å². The Bertz CT molecular complexity index is 549. The van der Waals surface area contributed by atoms with Crippen LogP contribution >= 0.6 is 11.6 Å². The van der Waals surface area contributed by atoms with Crippen LogP contribution in [-0.4, -0.2) is 10.8 Å². The second-order valence-corrected chi connectivity index (χ2v) is 4.50. The number of aromatic nitrogens is 1. The van der Waals surface area contributed by atoms with Crippen LogP contribution in [0.2, 0.25) is 5.02 Å². The highest BCUT2D eigenvalue weighted by Gasteiger charge is 2.10. The van der Waals surface area contributed by atoms with Gasteiger partial charge in [0.25, 0.3) is 0 Å². The van der Waals surface area contributed by atoms with Crippen molar-refractivity contribution in [1.82, 2.24) is 4.98 Å². The van der Waals surface area contributed by atoms with E-state index >= 15 is 0 Å². The molecule has 0 aliphatic heterocycles. The lowest BCUT2D eigenvalue weighted by Crippen LogP contribution is -2.05. The summed E-state index contributed by atoms with van der Waals surface area (Å²) in [5.74, 6) is -0.00246. The molecule has 1 heterocycles. The lowest BCUT2D eigenvalue weighted by Gasteiger charge is -2.03. The van der Waals surface area contributed by atoms with Crippen LogP contribution in [0.15, 0.2) is 42.6 Å². The number of halogens is 1. The van der Waals surface area contributed by atoms with E-state index in [2.05, 4.69) is 11.9 Å². The second kappa shape index (κ2) is 5.78. The lowest BCUT2D eigenvalue weighted by atomic mass is 10.1. The van der Waals surface area contributed by atoms with Crippen LogP contribution < -0.4 is 0 Å². The molecule has 0 aliphatic carbocycles. The second-order valence-electron chi connectivity index (χ2n) is 4.09. The van der Waals surface area contributed by atoms with Crippen molar-refractivity contribution in [2.45, 2.75) is 19.8 Å². The first-order valence-electron chi connectivity index (χ1n) is 5.92. The van der Waals surface area contributed by atoms with Gasteiger partial charge in [-0.1, -0.05) is 36.7 Å². The van der Waals surface area contributed by atoms with Gasteiger partial charge in [0, 0.05) is 17.5 Å². The molecule has 2 aromatic rings. The number of Topliss-reactive ketones (excluding diaryl/α,β-unsaturated/α-hetero) is 1. The SMILES string of the molecule is CCc1ccc(CC(=O)c2ccccc2Cl)nc1. The fraction of sp³-hybridized carbons (Fsp3) is 0.200. The minimum Gasteiger partial charge on any atom is -0.294 e. The van der Waals surface area contributed by atoms with E-state index < -0.39 is 0 Å². The molecule has 0 fully saturated rings. The molecule has 0 N–H and O–H groups in total. The van der Waals surface area contributed by atoms with Crippen molar-refractivity contribution in [1.29, 1.82) is 0 Å². The monoisotopic (exact) mass is 259 g/mol. The van der Waals surface area contributed by atoms with Crippen LogP contribution in [0.1, 0.15) is 28.5 Å². The maximum absolute atomic E-state index is 12.1. The van der Waals surface area contributed by atoms with Gasteiger partial charge in [-0.3, -0.25) is 9.78 Å². The molecule has 0 saturated carbocycles. The van der Waals surface area contributed by atoms with Crippen molar-refractivity contribution in [2.24, 2.45) is 0 Å². The van der Waals surface area contributed by atoms with Crippen LogP contribution in [0.5, 0.6) is 0 Å². The van der Waals surface area contributed by atoms with Crippen molar-refractivity contribution in [2.75, 3.05) is 0 Å². The van der Waals surface area contributed by atoms with E-state index in [0.717, 1.165) is 12.1 Å². The number of rotatable bonds is 4. The van der Waals surface area contributed by atoms with Gasteiger partial charge in [-0.2, -0.15) is 0 Å². The molecule has 0 amide bonds. The fourth-order valence-corrected chi connectivity index (χ4v) is 1.96. The summed E-state index contributed by atoms with van der Waals surface area (Å²) in [6, 6.07) is 11.0. The van der Waals surface area contributed by atoms with Crippen molar-refractivity contribution < 1.29 is 4.79 Å². The molecule has 2 rings (SSSR count). The van der Waals surface area contributed by atoms with Gasteiger partial charge in [0.05, 0.1) is 11.4 Å². The molecule has 0 radical (unpaired) electrons. The molecule has 92 valence electrons. The quantitative estimate of drug-likeness (QED) is 0.784. The molecule has 0 saturated heterocycles. The average Bonchev–Trinajstić information content (AvgIpc) is 2.40. The third-order valence-corrected chi connectivity index (χ3v) is 3.14. The third kappa shape index (κ3) is 2.96. The number of carbonyl (C=O) groups is 1. The summed E-state index contributed by atoms with van der Waals surface area (Å²) < 4.78 is 0. The number of pyridine rings is 1. The van der Waals surface area contributed by atoms with E-state index in [1.165, 1.54) is 5.56 Å². The van der Waals surface area contributed by atoms with Crippen molar-refractivity contribution in [3.8, 4) is 0 Å². The zero-order valence-electron chi connectivity index (χ0n) is 10.2. The minimum absolute atomic E-state index is 0.00246. The predicted molar refractivity (Wildman–Crippen MR) is 73.1 cm³/mol. The Labute approximate surface area is 112 Å². The van der Waals surface area contributed by atoms with Crippen molar-refractivity contribution >= 4 is 17.4 Å². The van der Waals surface area contributed by atoms with Crippen LogP contribution in [-0.2, 0) is 12.8 Å². The van der Waals surface area contributed by atoms with Crippen LogP contribution in [0, 0.1) is 0 Å². The number of carbonyl (C=O) groups excluding carboxylic acids is 1. The van der Waals surface area contributed by atoms with E-state index in [4.69, 9.17) is 11.6 Å². The molecule has 0 unspecified atom stereocenters. The summed E-state index contributed by atoms with van der Waals surface area (Å²) in [5, 5.41) is 0.493. The highest BCUT2D eigenvalue weighted by Crippen LogP contribution is 2.17. The van der Waals surface area contributed by atoms with Gasteiger partial charge in [-0.25, -0.2) is 0 Å². The molecule has 18 heavy (non-hydrogen) atoms. The van der Waals surface area contributed by atoms with Crippen LogP contribution in [0.3, 0.4) is 0 Å². The Morgan fingerprint density at radius 3 is 2.61 bits per heavy atom.